The lowest BCUT2D eigenvalue weighted by molar-refractivity contribution is 0.0736. The number of para-hydroxylation sites is 2. The van der Waals surface area contributed by atoms with Crippen LogP contribution in [0.4, 0.5) is 5.69 Å². The molecule has 2 aromatic carbocycles. The van der Waals surface area contributed by atoms with Crippen LogP contribution in [0.25, 0.3) is 0 Å². The molecule has 0 atom stereocenters. The number of amides is 1. The Bertz CT molecular complexity index is 725. The zero-order valence-corrected chi connectivity index (χ0v) is 13.5. The van der Waals surface area contributed by atoms with Crippen LogP contribution in [0.1, 0.15) is 10.4 Å². The lowest BCUT2D eigenvalue weighted by Gasteiger charge is -2.36. The number of fused-ring (bicyclic) bond motifs is 1. The van der Waals surface area contributed by atoms with Crippen LogP contribution in [0, 0.1) is 0 Å². The highest BCUT2D eigenvalue weighted by molar-refractivity contribution is 5.98. The Labute approximate surface area is 141 Å². The maximum absolute atomic E-state index is 12.9. The van der Waals surface area contributed by atoms with Crippen LogP contribution < -0.4 is 14.4 Å². The van der Waals surface area contributed by atoms with E-state index in [0.29, 0.717) is 43.4 Å². The second-order valence-electron chi connectivity index (χ2n) is 5.94. The van der Waals surface area contributed by atoms with Gasteiger partial charge in [-0.15, -0.1) is 0 Å². The van der Waals surface area contributed by atoms with Gasteiger partial charge in [-0.25, -0.2) is 0 Å². The Morgan fingerprint density at radius 3 is 2.38 bits per heavy atom. The molecular weight excluding hydrogens is 304 g/mol. The van der Waals surface area contributed by atoms with E-state index in [9.17, 15) is 4.79 Å². The van der Waals surface area contributed by atoms with Crippen molar-refractivity contribution in [2.45, 2.75) is 0 Å². The molecule has 0 bridgehead atoms. The van der Waals surface area contributed by atoms with Crippen LogP contribution in [0.5, 0.6) is 11.5 Å². The molecule has 0 N–H and O–H groups in total. The molecule has 0 aromatic heterocycles. The molecule has 0 radical (unpaired) electrons. The highest BCUT2D eigenvalue weighted by atomic mass is 16.6. The first-order chi connectivity index (χ1) is 11.8. The molecule has 0 unspecified atom stereocenters. The molecule has 5 nitrogen and oxygen atoms in total. The average Bonchev–Trinajstić information content (AvgIpc) is 2.68. The molecule has 24 heavy (non-hydrogen) atoms. The van der Waals surface area contributed by atoms with Gasteiger partial charge in [0.2, 0.25) is 0 Å². The van der Waals surface area contributed by atoms with E-state index in [1.807, 2.05) is 41.3 Å². The minimum atomic E-state index is 0.0186. The summed E-state index contributed by atoms with van der Waals surface area (Å²) < 4.78 is 11.2. The van der Waals surface area contributed by atoms with E-state index in [2.05, 4.69) is 17.0 Å². The predicted octanol–water partition coefficient (Wildman–Crippen LogP) is 2.42. The Morgan fingerprint density at radius 2 is 1.58 bits per heavy atom. The van der Waals surface area contributed by atoms with E-state index in [1.54, 1.807) is 0 Å². The van der Waals surface area contributed by atoms with Crippen molar-refractivity contribution >= 4 is 11.6 Å². The SMILES string of the molecule is O=C(c1cccc2c1OCCO2)N1CCN(c2ccccc2)CC1. The van der Waals surface area contributed by atoms with Crippen molar-refractivity contribution in [1.82, 2.24) is 4.90 Å². The van der Waals surface area contributed by atoms with Crippen molar-refractivity contribution in [2.24, 2.45) is 0 Å². The Hall–Kier alpha value is -2.69. The molecule has 1 fully saturated rings. The summed E-state index contributed by atoms with van der Waals surface area (Å²) in [6, 6.07) is 15.8. The first-order valence-electron chi connectivity index (χ1n) is 8.31. The number of hydrogen-bond donors (Lipinski definition) is 0. The van der Waals surface area contributed by atoms with Crippen LogP contribution in [0.3, 0.4) is 0 Å². The summed E-state index contributed by atoms with van der Waals surface area (Å²) in [5.41, 5.74) is 1.80. The summed E-state index contributed by atoms with van der Waals surface area (Å²) >= 11 is 0. The van der Waals surface area contributed by atoms with E-state index in [0.717, 1.165) is 13.1 Å². The van der Waals surface area contributed by atoms with Gasteiger partial charge in [0, 0.05) is 31.9 Å². The highest BCUT2D eigenvalue weighted by Crippen LogP contribution is 2.34. The Morgan fingerprint density at radius 1 is 0.833 bits per heavy atom. The molecule has 2 heterocycles. The minimum absolute atomic E-state index is 0.0186. The van der Waals surface area contributed by atoms with Crippen molar-refractivity contribution in [2.75, 3.05) is 44.3 Å². The van der Waals surface area contributed by atoms with Crippen molar-refractivity contribution in [3.63, 3.8) is 0 Å². The number of benzene rings is 2. The van der Waals surface area contributed by atoms with Crippen molar-refractivity contribution in [3.8, 4) is 11.5 Å². The number of anilines is 1. The van der Waals surface area contributed by atoms with E-state index in [1.165, 1.54) is 5.69 Å². The molecule has 1 saturated heterocycles. The molecule has 0 saturated carbocycles. The number of rotatable bonds is 2. The molecule has 124 valence electrons. The minimum Gasteiger partial charge on any atom is -0.486 e. The third kappa shape index (κ3) is 2.77. The number of carbonyl (C=O) groups excluding carboxylic acids is 1. The number of nitrogens with zero attached hydrogens (tertiary/aromatic N) is 2. The lowest BCUT2D eigenvalue weighted by atomic mass is 10.1. The predicted molar refractivity (Wildman–Crippen MR) is 92.0 cm³/mol. The van der Waals surface area contributed by atoms with E-state index in [-0.39, 0.29) is 5.91 Å². The fourth-order valence-corrected chi connectivity index (χ4v) is 3.22. The largest absolute Gasteiger partial charge is 0.486 e. The van der Waals surface area contributed by atoms with Crippen LogP contribution in [-0.2, 0) is 0 Å². The second kappa shape index (κ2) is 6.43. The monoisotopic (exact) mass is 324 g/mol. The first-order valence-corrected chi connectivity index (χ1v) is 8.31. The van der Waals surface area contributed by atoms with E-state index >= 15 is 0 Å². The van der Waals surface area contributed by atoms with Gasteiger partial charge in [0.25, 0.3) is 5.91 Å². The summed E-state index contributed by atoms with van der Waals surface area (Å²) in [4.78, 5) is 17.1. The Balaban J connectivity index is 1.47. The van der Waals surface area contributed by atoms with Crippen molar-refractivity contribution in [3.05, 3.63) is 54.1 Å². The van der Waals surface area contributed by atoms with Crippen LogP contribution in [-0.4, -0.2) is 50.2 Å². The van der Waals surface area contributed by atoms with Gasteiger partial charge in [-0.05, 0) is 24.3 Å². The fraction of sp³-hybridized carbons (Fsp3) is 0.316. The topological polar surface area (TPSA) is 42.0 Å². The summed E-state index contributed by atoms with van der Waals surface area (Å²) in [6.07, 6.45) is 0. The molecule has 2 aliphatic rings. The van der Waals surface area contributed by atoms with Crippen LogP contribution in [0.2, 0.25) is 0 Å². The number of hydrogen-bond acceptors (Lipinski definition) is 4. The van der Waals surface area contributed by atoms with E-state index in [4.69, 9.17) is 9.47 Å². The van der Waals surface area contributed by atoms with Gasteiger partial charge in [0.15, 0.2) is 11.5 Å². The molecule has 4 rings (SSSR count). The van der Waals surface area contributed by atoms with Gasteiger partial charge in [-0.3, -0.25) is 4.79 Å². The van der Waals surface area contributed by atoms with Gasteiger partial charge in [-0.1, -0.05) is 24.3 Å². The molecule has 2 aromatic rings. The van der Waals surface area contributed by atoms with E-state index < -0.39 is 0 Å². The summed E-state index contributed by atoms with van der Waals surface area (Å²) in [7, 11) is 0. The van der Waals surface area contributed by atoms with Gasteiger partial charge in [0.1, 0.15) is 13.2 Å². The van der Waals surface area contributed by atoms with Gasteiger partial charge in [0.05, 0.1) is 5.56 Å². The third-order valence-corrected chi connectivity index (χ3v) is 4.48. The lowest BCUT2D eigenvalue weighted by Crippen LogP contribution is -2.48. The molecule has 5 heteroatoms. The number of ether oxygens (including phenoxy) is 2. The maximum atomic E-state index is 12.9. The molecule has 1 amide bonds. The summed E-state index contributed by atoms with van der Waals surface area (Å²) in [5.74, 6) is 1.26. The van der Waals surface area contributed by atoms with Crippen molar-refractivity contribution in [1.29, 1.82) is 0 Å². The quantitative estimate of drug-likeness (QED) is 0.851. The van der Waals surface area contributed by atoms with Crippen molar-refractivity contribution < 1.29 is 14.3 Å². The van der Waals surface area contributed by atoms with Gasteiger partial charge in [-0.2, -0.15) is 0 Å². The molecule has 0 aliphatic carbocycles. The maximum Gasteiger partial charge on any atom is 0.257 e. The molecule has 0 spiro atoms. The average molecular weight is 324 g/mol. The number of piperazine rings is 1. The second-order valence-corrected chi connectivity index (χ2v) is 5.94. The Kier molecular flexibility index (Phi) is 3.99. The normalized spacial score (nSPS) is 16.8. The smallest absolute Gasteiger partial charge is 0.257 e. The molecular formula is C19H20N2O3. The zero-order valence-electron chi connectivity index (χ0n) is 13.5. The number of carbonyl (C=O) groups is 1. The highest BCUT2D eigenvalue weighted by Gasteiger charge is 2.27. The summed E-state index contributed by atoms with van der Waals surface area (Å²) in [6.45, 7) is 4.10. The fourth-order valence-electron chi connectivity index (χ4n) is 3.22. The first kappa shape index (κ1) is 14.9. The van der Waals surface area contributed by atoms with Gasteiger partial charge >= 0.3 is 0 Å². The van der Waals surface area contributed by atoms with Crippen LogP contribution in [0.15, 0.2) is 48.5 Å². The van der Waals surface area contributed by atoms with Crippen LogP contribution >= 0.6 is 0 Å². The standard InChI is InChI=1S/C19H20N2O3/c22-19(16-7-4-8-17-18(16)24-14-13-23-17)21-11-9-20(10-12-21)15-5-2-1-3-6-15/h1-8H,9-14H2. The molecule has 2 aliphatic heterocycles. The third-order valence-electron chi connectivity index (χ3n) is 4.48. The zero-order chi connectivity index (χ0) is 16.4. The summed E-state index contributed by atoms with van der Waals surface area (Å²) in [5, 5.41) is 0. The van der Waals surface area contributed by atoms with Gasteiger partial charge < -0.3 is 19.3 Å².